The van der Waals surface area contributed by atoms with Gasteiger partial charge in [0.2, 0.25) is 17.7 Å². The highest BCUT2D eigenvalue weighted by Crippen LogP contribution is 2.19. The van der Waals surface area contributed by atoms with Crippen molar-refractivity contribution < 1.29 is 29.4 Å². The van der Waals surface area contributed by atoms with Crippen molar-refractivity contribution in [2.45, 2.75) is 63.9 Å². The number of thiol groups is 1. The van der Waals surface area contributed by atoms with Crippen LogP contribution in [0.4, 0.5) is 0 Å². The number of benzene rings is 1. The van der Waals surface area contributed by atoms with Gasteiger partial charge in [-0.15, -0.1) is 0 Å². The van der Waals surface area contributed by atoms with Crippen molar-refractivity contribution in [3.8, 4) is 0 Å². The zero-order valence-corrected chi connectivity index (χ0v) is 21.4. The van der Waals surface area contributed by atoms with Crippen molar-refractivity contribution in [3.05, 3.63) is 36.0 Å². The number of rotatable bonds is 13. The van der Waals surface area contributed by atoms with E-state index in [0.29, 0.717) is 6.42 Å². The molecule has 0 fully saturated rings. The molecular formula is C24H35N5O6S. The number of nitrogens with one attached hydrogen (secondary N) is 4. The molecule has 0 radical (unpaired) electrons. The van der Waals surface area contributed by atoms with Crippen LogP contribution in [-0.4, -0.2) is 74.9 Å². The minimum Gasteiger partial charge on any atom is -0.480 e. The SMILES string of the molecule is CCC(C)C(NC(=O)C(CS)NC(=O)C(N)C(C)O)C(=O)NC(Cc1c[nH]c2ccccc12)C(=O)O. The van der Waals surface area contributed by atoms with Crippen LogP contribution in [0.15, 0.2) is 30.5 Å². The Bertz CT molecular complexity index is 1070. The fourth-order valence-corrected chi connectivity index (χ4v) is 3.88. The number of aliphatic hydroxyl groups is 1. The maximum absolute atomic E-state index is 13.2. The summed E-state index contributed by atoms with van der Waals surface area (Å²) in [5, 5.41) is 27.7. The number of amides is 3. The van der Waals surface area contributed by atoms with E-state index in [0.717, 1.165) is 16.5 Å². The molecule has 1 heterocycles. The molecule has 2 rings (SSSR count). The van der Waals surface area contributed by atoms with Crippen LogP contribution >= 0.6 is 12.6 Å². The largest absolute Gasteiger partial charge is 0.480 e. The Morgan fingerprint density at radius 3 is 2.25 bits per heavy atom. The van der Waals surface area contributed by atoms with Crippen molar-refractivity contribution in [2.75, 3.05) is 5.75 Å². The quantitative estimate of drug-likeness (QED) is 0.169. The molecule has 0 bridgehead atoms. The van der Waals surface area contributed by atoms with Crippen molar-refractivity contribution in [3.63, 3.8) is 0 Å². The number of hydrogen-bond acceptors (Lipinski definition) is 7. The first-order valence-corrected chi connectivity index (χ1v) is 12.4. The fraction of sp³-hybridized carbons (Fsp3) is 0.500. The third-order valence-corrected chi connectivity index (χ3v) is 6.51. The zero-order valence-electron chi connectivity index (χ0n) is 20.5. The van der Waals surface area contributed by atoms with Gasteiger partial charge in [0, 0.05) is 29.3 Å². The molecule has 1 aromatic carbocycles. The van der Waals surface area contributed by atoms with Crippen LogP contribution in [0, 0.1) is 5.92 Å². The normalized spacial score (nSPS) is 16.3. The Morgan fingerprint density at radius 2 is 1.67 bits per heavy atom. The van der Waals surface area contributed by atoms with Crippen LogP contribution in [0.25, 0.3) is 10.9 Å². The lowest BCUT2D eigenvalue weighted by Crippen LogP contribution is -2.60. The predicted octanol–water partition coefficient (Wildman–Crippen LogP) is -0.0666. The van der Waals surface area contributed by atoms with E-state index in [9.17, 15) is 29.4 Å². The van der Waals surface area contributed by atoms with Gasteiger partial charge in [0.15, 0.2) is 0 Å². The molecule has 6 atom stereocenters. The van der Waals surface area contributed by atoms with E-state index < -0.39 is 54.0 Å². The van der Waals surface area contributed by atoms with Gasteiger partial charge in [-0.1, -0.05) is 38.5 Å². The maximum atomic E-state index is 13.2. The Morgan fingerprint density at radius 1 is 1.03 bits per heavy atom. The summed E-state index contributed by atoms with van der Waals surface area (Å²) in [6, 6.07) is 2.78. The Labute approximate surface area is 215 Å². The van der Waals surface area contributed by atoms with E-state index in [1.807, 2.05) is 31.2 Å². The van der Waals surface area contributed by atoms with Crippen LogP contribution in [0.1, 0.15) is 32.8 Å². The first-order valence-electron chi connectivity index (χ1n) is 11.7. The zero-order chi connectivity index (χ0) is 27.0. The number of carboxylic acids is 1. The molecule has 0 aliphatic rings. The third-order valence-electron chi connectivity index (χ3n) is 6.14. The number of aromatic nitrogens is 1. The summed E-state index contributed by atoms with van der Waals surface area (Å²) in [6.07, 6.45) is 1.14. The predicted molar refractivity (Wildman–Crippen MR) is 138 cm³/mol. The molecule has 2 aromatic rings. The number of para-hydroxylation sites is 1. The van der Waals surface area contributed by atoms with Gasteiger partial charge in [-0.2, -0.15) is 12.6 Å². The van der Waals surface area contributed by atoms with E-state index in [-0.39, 0.29) is 18.1 Å². The molecule has 0 saturated carbocycles. The van der Waals surface area contributed by atoms with E-state index in [1.165, 1.54) is 6.92 Å². The second-order valence-electron chi connectivity index (χ2n) is 8.84. The number of aromatic amines is 1. The number of fused-ring (bicyclic) bond motifs is 1. The van der Waals surface area contributed by atoms with Crippen molar-refractivity contribution in [1.82, 2.24) is 20.9 Å². The monoisotopic (exact) mass is 521 g/mol. The lowest BCUT2D eigenvalue weighted by atomic mass is 9.97. The van der Waals surface area contributed by atoms with Gasteiger partial charge >= 0.3 is 5.97 Å². The topological polar surface area (TPSA) is 187 Å². The van der Waals surface area contributed by atoms with E-state index in [1.54, 1.807) is 13.1 Å². The van der Waals surface area contributed by atoms with Gasteiger partial charge < -0.3 is 36.9 Å². The highest BCUT2D eigenvalue weighted by Gasteiger charge is 2.33. The average molecular weight is 522 g/mol. The molecule has 3 amide bonds. The molecule has 0 aliphatic carbocycles. The summed E-state index contributed by atoms with van der Waals surface area (Å²) < 4.78 is 0. The van der Waals surface area contributed by atoms with Crippen LogP contribution in [-0.2, 0) is 25.6 Å². The number of nitrogens with two attached hydrogens (primary N) is 1. The molecule has 198 valence electrons. The molecule has 36 heavy (non-hydrogen) atoms. The third kappa shape index (κ3) is 7.45. The Kier molecular flexibility index (Phi) is 10.8. The number of hydrogen-bond donors (Lipinski definition) is 8. The maximum Gasteiger partial charge on any atom is 0.326 e. The minimum absolute atomic E-state index is 0.0405. The summed E-state index contributed by atoms with van der Waals surface area (Å²) >= 11 is 4.10. The summed E-state index contributed by atoms with van der Waals surface area (Å²) in [5.41, 5.74) is 7.20. The van der Waals surface area contributed by atoms with Gasteiger partial charge in [0.1, 0.15) is 24.2 Å². The molecule has 0 spiro atoms. The van der Waals surface area contributed by atoms with Gasteiger partial charge in [-0.3, -0.25) is 14.4 Å². The van der Waals surface area contributed by atoms with Crippen molar-refractivity contribution in [2.24, 2.45) is 11.7 Å². The molecule has 12 heteroatoms. The van der Waals surface area contributed by atoms with Gasteiger partial charge in [-0.25, -0.2) is 4.79 Å². The van der Waals surface area contributed by atoms with Crippen LogP contribution in [0.5, 0.6) is 0 Å². The number of H-pyrrole nitrogens is 1. The molecule has 0 aliphatic heterocycles. The first kappa shape index (κ1) is 29.1. The second-order valence-corrected chi connectivity index (χ2v) is 9.21. The summed E-state index contributed by atoms with van der Waals surface area (Å²) in [6.45, 7) is 4.92. The molecule has 0 saturated heterocycles. The summed E-state index contributed by atoms with van der Waals surface area (Å²) in [5.74, 6) is -3.72. The summed E-state index contributed by atoms with van der Waals surface area (Å²) in [4.78, 5) is 53.3. The highest BCUT2D eigenvalue weighted by atomic mass is 32.1. The minimum atomic E-state index is -1.24. The van der Waals surface area contributed by atoms with Gasteiger partial charge in [-0.05, 0) is 24.5 Å². The number of aliphatic hydroxyl groups excluding tert-OH is 1. The molecule has 1 aromatic heterocycles. The second kappa shape index (κ2) is 13.3. The number of carbonyl (C=O) groups excluding carboxylic acids is 3. The van der Waals surface area contributed by atoms with Crippen LogP contribution in [0.2, 0.25) is 0 Å². The lowest BCUT2D eigenvalue weighted by molar-refractivity contribution is -0.142. The van der Waals surface area contributed by atoms with Crippen LogP contribution < -0.4 is 21.7 Å². The van der Waals surface area contributed by atoms with E-state index in [2.05, 4.69) is 33.6 Å². The van der Waals surface area contributed by atoms with Gasteiger partial charge in [0.25, 0.3) is 0 Å². The Balaban J connectivity index is 2.15. The average Bonchev–Trinajstić information content (AvgIpc) is 3.26. The van der Waals surface area contributed by atoms with Gasteiger partial charge in [0.05, 0.1) is 6.10 Å². The highest BCUT2D eigenvalue weighted by molar-refractivity contribution is 7.80. The summed E-state index contributed by atoms with van der Waals surface area (Å²) in [7, 11) is 0. The number of aliphatic carboxylic acids is 1. The van der Waals surface area contributed by atoms with Crippen molar-refractivity contribution in [1.29, 1.82) is 0 Å². The molecule has 11 nitrogen and oxygen atoms in total. The van der Waals surface area contributed by atoms with E-state index in [4.69, 9.17) is 5.73 Å². The van der Waals surface area contributed by atoms with Crippen LogP contribution in [0.3, 0.4) is 0 Å². The number of carboxylic acid groups (broad SMARTS) is 1. The molecular weight excluding hydrogens is 486 g/mol. The Hall–Kier alpha value is -3.09. The molecule has 6 unspecified atom stereocenters. The first-order chi connectivity index (χ1) is 17.0. The lowest BCUT2D eigenvalue weighted by Gasteiger charge is -2.28. The van der Waals surface area contributed by atoms with Crippen molar-refractivity contribution >= 4 is 47.2 Å². The van der Waals surface area contributed by atoms with E-state index >= 15 is 0 Å². The standard InChI is InChI=1S/C24H35N5O6S/c1-4-12(2)20(29-21(31)18(11-36)28-22(32)19(25)13(3)30)23(33)27-17(24(34)35)9-14-10-26-16-8-6-5-7-15(14)16/h5-8,10,12-13,17-20,26,30,36H,4,9,11,25H2,1-3H3,(H,27,33)(H,28,32)(H,29,31)(H,34,35). The molecule has 8 N–H and O–H groups in total. The fourth-order valence-electron chi connectivity index (χ4n) is 3.62. The smallest absolute Gasteiger partial charge is 0.326 e. The number of carbonyl (C=O) groups is 4.